The Bertz CT molecular complexity index is 1240. The molecule has 40 heavy (non-hydrogen) atoms. The quantitative estimate of drug-likeness (QED) is 0.164. The van der Waals surface area contributed by atoms with Crippen LogP contribution in [-0.4, -0.2) is 79.7 Å². The van der Waals surface area contributed by atoms with Gasteiger partial charge in [0.15, 0.2) is 23.0 Å². The fraction of sp³-hybridized carbons (Fsp3) is 0.484. The minimum Gasteiger partial charge on any atom is -0.507 e. The third-order valence-corrected chi connectivity index (χ3v) is 7.38. The zero-order chi connectivity index (χ0) is 28.6. The van der Waals surface area contributed by atoms with Crippen LogP contribution in [0.25, 0.3) is 5.76 Å². The summed E-state index contributed by atoms with van der Waals surface area (Å²) >= 11 is 0. The van der Waals surface area contributed by atoms with Crippen LogP contribution in [0.15, 0.2) is 42.0 Å². The van der Waals surface area contributed by atoms with Crippen molar-refractivity contribution in [3.05, 3.63) is 53.1 Å². The lowest BCUT2D eigenvalue weighted by atomic mass is 9.94. The van der Waals surface area contributed by atoms with Crippen molar-refractivity contribution < 1.29 is 33.6 Å². The number of ether oxygens (including phenoxy) is 4. The van der Waals surface area contributed by atoms with Crippen LogP contribution in [0.5, 0.6) is 23.0 Å². The number of Topliss-reactive ketones (excluding diaryl/α,β-unsaturated/α-hetero) is 1. The van der Waals surface area contributed by atoms with Crippen LogP contribution in [-0.2, 0) is 9.59 Å². The highest BCUT2D eigenvalue weighted by Gasteiger charge is 2.46. The summed E-state index contributed by atoms with van der Waals surface area (Å²) in [6, 6.07) is 9.62. The van der Waals surface area contributed by atoms with Gasteiger partial charge >= 0.3 is 0 Å². The summed E-state index contributed by atoms with van der Waals surface area (Å²) in [5.74, 6) is 0.531. The first-order chi connectivity index (χ1) is 19.4. The summed E-state index contributed by atoms with van der Waals surface area (Å²) in [4.78, 5) is 30.7. The van der Waals surface area contributed by atoms with Crippen LogP contribution >= 0.6 is 0 Å². The van der Waals surface area contributed by atoms with Gasteiger partial charge in [-0.25, -0.2) is 0 Å². The van der Waals surface area contributed by atoms with Gasteiger partial charge in [-0.2, -0.15) is 0 Å². The van der Waals surface area contributed by atoms with E-state index in [-0.39, 0.29) is 11.3 Å². The van der Waals surface area contributed by atoms with Gasteiger partial charge in [0.05, 0.1) is 25.3 Å². The predicted octanol–water partition coefficient (Wildman–Crippen LogP) is 4.80. The molecule has 0 radical (unpaired) electrons. The fourth-order valence-electron chi connectivity index (χ4n) is 5.11. The first-order valence-electron chi connectivity index (χ1n) is 14.1. The lowest BCUT2D eigenvalue weighted by Gasteiger charge is -2.27. The number of hydrogen-bond donors (Lipinski definition) is 1. The lowest BCUT2D eigenvalue weighted by Crippen LogP contribution is -2.33. The summed E-state index contributed by atoms with van der Waals surface area (Å²) in [5, 5.41) is 11.5. The third-order valence-electron chi connectivity index (χ3n) is 7.38. The largest absolute Gasteiger partial charge is 0.507 e. The number of ketones is 1. The molecule has 2 aromatic carbocycles. The normalized spacial score (nSPS) is 17.9. The number of benzene rings is 2. The van der Waals surface area contributed by atoms with Gasteiger partial charge in [-0.15, -0.1) is 0 Å². The highest BCUT2D eigenvalue weighted by molar-refractivity contribution is 6.46. The number of nitrogens with zero attached hydrogens (tertiary/aromatic N) is 2. The van der Waals surface area contributed by atoms with Crippen molar-refractivity contribution in [2.45, 2.75) is 46.1 Å². The smallest absolute Gasteiger partial charge is 0.295 e. The van der Waals surface area contributed by atoms with Gasteiger partial charge in [0.1, 0.15) is 19.0 Å². The Morgan fingerprint density at radius 1 is 1.00 bits per heavy atom. The average molecular weight is 553 g/mol. The number of aliphatic hydroxyl groups excluding tert-OH is 1. The molecule has 2 aliphatic rings. The van der Waals surface area contributed by atoms with Crippen LogP contribution in [0.3, 0.4) is 0 Å². The molecular weight excluding hydrogens is 512 g/mol. The Morgan fingerprint density at radius 2 is 1.75 bits per heavy atom. The van der Waals surface area contributed by atoms with Crippen molar-refractivity contribution in [1.29, 1.82) is 0 Å². The number of carbonyl (C=O) groups excluding carboxylic acids is 2. The van der Waals surface area contributed by atoms with E-state index in [0.29, 0.717) is 66.9 Å². The van der Waals surface area contributed by atoms with Gasteiger partial charge in [-0.1, -0.05) is 33.3 Å². The Morgan fingerprint density at radius 3 is 2.45 bits per heavy atom. The van der Waals surface area contributed by atoms with Crippen LogP contribution in [0.2, 0.25) is 0 Å². The van der Waals surface area contributed by atoms with Crippen LogP contribution < -0.4 is 18.9 Å². The SMILES string of the molecule is CCCCOc1ccc([C@H]2C(=C(O)c3ccc4c(c3)OCCO4)C(=O)C(=O)N2CCCN(CC)CC)cc1OC. The van der Waals surface area contributed by atoms with Gasteiger partial charge in [0.25, 0.3) is 11.7 Å². The Labute approximate surface area is 236 Å². The molecule has 1 fully saturated rings. The highest BCUT2D eigenvalue weighted by Crippen LogP contribution is 2.43. The topological polar surface area (TPSA) is 97.8 Å². The second-order valence-electron chi connectivity index (χ2n) is 9.84. The van der Waals surface area contributed by atoms with Crippen LogP contribution in [0, 0.1) is 0 Å². The van der Waals surface area contributed by atoms with Crippen LogP contribution in [0.1, 0.15) is 57.2 Å². The molecule has 0 unspecified atom stereocenters. The van der Waals surface area contributed by atoms with Crippen molar-refractivity contribution in [2.75, 3.05) is 53.1 Å². The van der Waals surface area contributed by atoms with Crippen molar-refractivity contribution >= 4 is 17.4 Å². The van der Waals surface area contributed by atoms with E-state index in [1.165, 1.54) is 0 Å². The van der Waals surface area contributed by atoms with Crippen LogP contribution in [0.4, 0.5) is 0 Å². The maximum Gasteiger partial charge on any atom is 0.295 e. The predicted molar refractivity (Wildman–Crippen MR) is 152 cm³/mol. The van der Waals surface area contributed by atoms with Gasteiger partial charge in [0.2, 0.25) is 0 Å². The molecule has 9 nitrogen and oxygen atoms in total. The Hall–Kier alpha value is -3.72. The van der Waals surface area contributed by atoms with E-state index in [0.717, 1.165) is 32.5 Å². The van der Waals surface area contributed by atoms with E-state index < -0.39 is 17.7 Å². The summed E-state index contributed by atoms with van der Waals surface area (Å²) in [6.07, 6.45) is 2.60. The lowest BCUT2D eigenvalue weighted by molar-refractivity contribution is -0.140. The molecule has 1 amide bonds. The molecule has 4 rings (SSSR count). The van der Waals surface area contributed by atoms with Crippen molar-refractivity contribution in [3.8, 4) is 23.0 Å². The van der Waals surface area contributed by atoms with Gasteiger partial charge < -0.3 is 33.9 Å². The second kappa shape index (κ2) is 13.6. The maximum absolute atomic E-state index is 13.5. The number of hydrogen-bond acceptors (Lipinski definition) is 8. The van der Waals surface area contributed by atoms with Gasteiger partial charge in [-0.05, 0) is 68.4 Å². The van der Waals surface area contributed by atoms with Gasteiger partial charge in [-0.3, -0.25) is 9.59 Å². The van der Waals surface area contributed by atoms with E-state index >= 15 is 0 Å². The van der Waals surface area contributed by atoms with Gasteiger partial charge in [0, 0.05) is 12.1 Å². The molecular formula is C31H40N2O7. The number of unbranched alkanes of at least 4 members (excludes halogenated alkanes) is 1. The molecule has 0 bridgehead atoms. The minimum atomic E-state index is -0.788. The van der Waals surface area contributed by atoms with E-state index in [4.69, 9.17) is 18.9 Å². The first-order valence-corrected chi connectivity index (χ1v) is 14.1. The fourth-order valence-corrected chi connectivity index (χ4v) is 5.11. The molecule has 0 aromatic heterocycles. The standard InChI is InChI=1S/C31H40N2O7/c1-5-8-16-38-23-12-10-21(19-25(23)37-4)28-27(29(34)22-11-13-24-26(20-22)40-18-17-39-24)30(35)31(36)33(28)15-9-14-32(6-2)7-3/h10-13,19-20,28,34H,5-9,14-18H2,1-4H3/t28-/m0/s1. The van der Waals surface area contributed by atoms with Crippen molar-refractivity contribution in [2.24, 2.45) is 0 Å². The number of methoxy groups -OCH3 is 1. The Balaban J connectivity index is 1.75. The summed E-state index contributed by atoms with van der Waals surface area (Å²) in [7, 11) is 1.56. The molecule has 0 saturated carbocycles. The monoisotopic (exact) mass is 552 g/mol. The average Bonchev–Trinajstić information content (AvgIpc) is 3.24. The molecule has 0 spiro atoms. The van der Waals surface area contributed by atoms with E-state index in [1.54, 1.807) is 42.3 Å². The highest BCUT2D eigenvalue weighted by atomic mass is 16.6. The van der Waals surface area contributed by atoms with E-state index in [9.17, 15) is 14.7 Å². The van der Waals surface area contributed by atoms with E-state index in [1.807, 2.05) is 6.07 Å². The molecule has 2 heterocycles. The molecule has 1 saturated heterocycles. The zero-order valence-corrected chi connectivity index (χ0v) is 23.9. The number of fused-ring (bicyclic) bond motifs is 1. The molecule has 2 aromatic rings. The number of amides is 1. The molecule has 1 atom stereocenters. The maximum atomic E-state index is 13.5. The molecule has 9 heteroatoms. The number of rotatable bonds is 13. The molecule has 1 N–H and O–H groups in total. The summed E-state index contributed by atoms with van der Waals surface area (Å²) in [6.45, 7) is 10.6. The van der Waals surface area contributed by atoms with E-state index in [2.05, 4.69) is 25.7 Å². The number of carbonyl (C=O) groups is 2. The third kappa shape index (κ3) is 6.20. The Kier molecular flexibility index (Phi) is 9.93. The zero-order valence-electron chi connectivity index (χ0n) is 23.9. The summed E-state index contributed by atoms with van der Waals surface area (Å²) in [5.41, 5.74) is 1.06. The first kappa shape index (κ1) is 29.3. The van der Waals surface area contributed by atoms with Crippen molar-refractivity contribution in [1.82, 2.24) is 9.80 Å². The number of aliphatic hydroxyl groups is 1. The van der Waals surface area contributed by atoms with Crippen molar-refractivity contribution in [3.63, 3.8) is 0 Å². The number of likely N-dealkylation sites (tertiary alicyclic amines) is 1. The second-order valence-corrected chi connectivity index (χ2v) is 9.84. The molecule has 216 valence electrons. The summed E-state index contributed by atoms with van der Waals surface area (Å²) < 4.78 is 22.8. The molecule has 2 aliphatic heterocycles. The molecule has 0 aliphatic carbocycles. The minimum absolute atomic E-state index is 0.0335.